The Morgan fingerprint density at radius 2 is 1.90 bits per heavy atom. The van der Waals surface area contributed by atoms with E-state index in [0.717, 1.165) is 27.5 Å². The highest BCUT2D eigenvalue weighted by molar-refractivity contribution is 7.98. The van der Waals surface area contributed by atoms with Crippen molar-refractivity contribution in [2.75, 3.05) is 45.5 Å². The van der Waals surface area contributed by atoms with Crippen LogP contribution in [0.2, 0.25) is 0 Å². The topological polar surface area (TPSA) is 59.1 Å². The van der Waals surface area contributed by atoms with Gasteiger partial charge in [-0.05, 0) is 62.2 Å². The molecule has 0 aliphatic carbocycles. The molecule has 1 aliphatic rings. The number of benzene rings is 2. The average Bonchev–Trinajstić information content (AvgIpc) is 2.86. The van der Waals surface area contributed by atoms with Crippen LogP contribution < -0.4 is 9.64 Å². The van der Waals surface area contributed by atoms with E-state index in [-0.39, 0.29) is 11.8 Å². The molecule has 0 saturated carbocycles. The Balaban J connectivity index is 2.14. The minimum absolute atomic E-state index is 0.185. The number of likely N-dealkylation sites (N-methyl/N-ethyl adjacent to an activating group) is 1. The number of thioether (sulfide) groups is 1. The van der Waals surface area contributed by atoms with Crippen molar-refractivity contribution in [2.24, 2.45) is 0 Å². The van der Waals surface area contributed by atoms with E-state index >= 15 is 0 Å². The smallest absolute Gasteiger partial charge is 0.303 e. The lowest BCUT2D eigenvalue weighted by atomic mass is 9.87. The maximum Gasteiger partial charge on any atom is 0.303 e. The summed E-state index contributed by atoms with van der Waals surface area (Å²) < 4.78 is 11.0. The molecule has 6 nitrogen and oxygen atoms in total. The van der Waals surface area contributed by atoms with E-state index in [1.165, 1.54) is 6.92 Å². The van der Waals surface area contributed by atoms with Gasteiger partial charge < -0.3 is 19.3 Å². The lowest BCUT2D eigenvalue weighted by Crippen LogP contribution is -2.45. The lowest BCUT2D eigenvalue weighted by Gasteiger charge is -2.29. The number of carbonyl (C=O) groups excluding carboxylic acids is 2. The van der Waals surface area contributed by atoms with Gasteiger partial charge in [-0.25, -0.2) is 0 Å². The monoisotopic (exact) mass is 442 g/mol. The second kappa shape index (κ2) is 10.2. The first-order valence-electron chi connectivity index (χ1n) is 10.3. The van der Waals surface area contributed by atoms with Crippen molar-refractivity contribution >= 4 is 29.3 Å². The van der Waals surface area contributed by atoms with E-state index in [9.17, 15) is 9.59 Å². The molecule has 0 unspecified atom stereocenters. The summed E-state index contributed by atoms with van der Waals surface area (Å²) in [5.74, 6) is -0.195. The second-order valence-corrected chi connectivity index (χ2v) is 8.71. The molecule has 7 heteroatoms. The van der Waals surface area contributed by atoms with Crippen molar-refractivity contribution in [1.82, 2.24) is 4.90 Å². The first-order valence-corrected chi connectivity index (χ1v) is 11.5. The van der Waals surface area contributed by atoms with Gasteiger partial charge in [0.15, 0.2) is 6.10 Å². The van der Waals surface area contributed by atoms with Crippen LogP contribution >= 0.6 is 11.8 Å². The summed E-state index contributed by atoms with van der Waals surface area (Å²) in [6, 6.07) is 13.7. The molecule has 1 aliphatic heterocycles. The van der Waals surface area contributed by atoms with Crippen LogP contribution in [0.5, 0.6) is 5.75 Å². The SMILES string of the molecule is COc1ccc([C@@H]2Cc3c(SC)cccc3N(CCN(C)C)C(=O)[C@@H]2OC(C)=O)cc1. The zero-order valence-electron chi connectivity index (χ0n) is 18.8. The first-order chi connectivity index (χ1) is 14.8. The van der Waals surface area contributed by atoms with Gasteiger partial charge in [0.2, 0.25) is 0 Å². The van der Waals surface area contributed by atoms with Crippen molar-refractivity contribution in [3.63, 3.8) is 0 Å². The van der Waals surface area contributed by atoms with Crippen LogP contribution in [0.25, 0.3) is 0 Å². The highest BCUT2D eigenvalue weighted by Gasteiger charge is 2.40. The Bertz CT molecular complexity index is 930. The highest BCUT2D eigenvalue weighted by atomic mass is 32.2. The van der Waals surface area contributed by atoms with Gasteiger partial charge in [0.25, 0.3) is 5.91 Å². The molecule has 0 radical (unpaired) electrons. The summed E-state index contributed by atoms with van der Waals surface area (Å²) in [6.45, 7) is 2.58. The average molecular weight is 443 g/mol. The fourth-order valence-corrected chi connectivity index (χ4v) is 4.61. The molecule has 2 atom stereocenters. The van der Waals surface area contributed by atoms with E-state index in [0.29, 0.717) is 19.5 Å². The second-order valence-electron chi connectivity index (χ2n) is 7.86. The molecule has 1 heterocycles. The number of anilines is 1. The molecule has 0 N–H and O–H groups in total. The predicted molar refractivity (Wildman–Crippen MR) is 124 cm³/mol. The van der Waals surface area contributed by atoms with Crippen LogP contribution in [0.15, 0.2) is 47.4 Å². The first kappa shape index (κ1) is 23.2. The van der Waals surface area contributed by atoms with Crippen LogP contribution in [0.4, 0.5) is 5.69 Å². The van der Waals surface area contributed by atoms with Gasteiger partial charge in [0, 0.05) is 36.5 Å². The number of ether oxygens (including phenoxy) is 2. The Morgan fingerprint density at radius 1 is 1.19 bits per heavy atom. The Hall–Kier alpha value is -2.51. The zero-order chi connectivity index (χ0) is 22.5. The number of rotatable bonds is 7. The molecule has 0 aromatic heterocycles. The summed E-state index contributed by atoms with van der Waals surface area (Å²) in [7, 11) is 5.58. The number of carbonyl (C=O) groups is 2. The molecule has 0 spiro atoms. The van der Waals surface area contributed by atoms with Gasteiger partial charge in [0.1, 0.15) is 5.75 Å². The lowest BCUT2D eigenvalue weighted by molar-refractivity contribution is -0.154. The molecule has 2 aromatic rings. The fraction of sp³-hybridized carbons (Fsp3) is 0.417. The van der Waals surface area contributed by atoms with Crippen molar-refractivity contribution in [1.29, 1.82) is 0 Å². The van der Waals surface area contributed by atoms with Gasteiger partial charge in [-0.3, -0.25) is 9.59 Å². The number of nitrogens with zero attached hydrogens (tertiary/aromatic N) is 2. The third-order valence-electron chi connectivity index (χ3n) is 5.53. The number of methoxy groups -OCH3 is 1. The molecule has 0 bridgehead atoms. The van der Waals surface area contributed by atoms with Gasteiger partial charge in [-0.1, -0.05) is 18.2 Å². The molecular weight excluding hydrogens is 412 g/mol. The van der Waals surface area contributed by atoms with Crippen molar-refractivity contribution in [3.05, 3.63) is 53.6 Å². The maximum atomic E-state index is 13.8. The molecule has 166 valence electrons. The quantitative estimate of drug-likeness (QED) is 0.483. The number of esters is 1. The van der Waals surface area contributed by atoms with Crippen LogP contribution in [-0.2, 0) is 20.7 Å². The van der Waals surface area contributed by atoms with E-state index in [4.69, 9.17) is 9.47 Å². The summed E-state index contributed by atoms with van der Waals surface area (Å²) >= 11 is 1.66. The van der Waals surface area contributed by atoms with Crippen LogP contribution in [0.1, 0.15) is 24.0 Å². The fourth-order valence-electron chi connectivity index (χ4n) is 3.96. The Kier molecular flexibility index (Phi) is 7.62. The molecule has 2 aromatic carbocycles. The van der Waals surface area contributed by atoms with Crippen molar-refractivity contribution in [2.45, 2.75) is 30.3 Å². The predicted octanol–water partition coefficient (Wildman–Crippen LogP) is 3.58. The van der Waals surface area contributed by atoms with Gasteiger partial charge in [0.05, 0.1) is 7.11 Å². The van der Waals surface area contributed by atoms with E-state index in [1.54, 1.807) is 23.8 Å². The largest absolute Gasteiger partial charge is 0.497 e. The molecule has 0 fully saturated rings. The highest BCUT2D eigenvalue weighted by Crippen LogP contribution is 2.40. The Labute approximate surface area is 188 Å². The zero-order valence-corrected chi connectivity index (χ0v) is 19.6. The maximum absolute atomic E-state index is 13.8. The molecule has 3 rings (SSSR count). The summed E-state index contributed by atoms with van der Waals surface area (Å²) in [5.41, 5.74) is 2.95. The third-order valence-corrected chi connectivity index (χ3v) is 6.35. The number of hydrogen-bond donors (Lipinski definition) is 0. The molecule has 1 amide bonds. The van der Waals surface area contributed by atoms with Gasteiger partial charge in [-0.2, -0.15) is 0 Å². The van der Waals surface area contributed by atoms with Crippen LogP contribution in [0.3, 0.4) is 0 Å². The number of fused-ring (bicyclic) bond motifs is 1. The van der Waals surface area contributed by atoms with Crippen molar-refractivity contribution < 1.29 is 19.1 Å². The minimum Gasteiger partial charge on any atom is -0.497 e. The van der Waals surface area contributed by atoms with Crippen LogP contribution in [-0.4, -0.2) is 63.4 Å². The standard InChI is InChI=1S/C24H30N2O4S/c1-16(27)30-23-19(17-9-11-18(29-4)12-10-17)15-20-21(7-6-8-22(20)31-5)26(24(23)28)14-13-25(2)3/h6-12,19,23H,13-15H2,1-5H3/t19-,23+/m0/s1. The minimum atomic E-state index is -0.893. The van der Waals surface area contributed by atoms with Crippen LogP contribution in [0, 0.1) is 0 Å². The van der Waals surface area contributed by atoms with E-state index in [1.807, 2.05) is 61.6 Å². The number of hydrogen-bond acceptors (Lipinski definition) is 6. The van der Waals surface area contributed by atoms with Gasteiger partial charge >= 0.3 is 5.97 Å². The van der Waals surface area contributed by atoms with E-state index in [2.05, 4.69) is 6.07 Å². The Morgan fingerprint density at radius 3 is 2.48 bits per heavy atom. The molecule has 31 heavy (non-hydrogen) atoms. The molecule has 0 saturated heterocycles. The van der Waals surface area contributed by atoms with Crippen molar-refractivity contribution in [3.8, 4) is 5.75 Å². The van der Waals surface area contributed by atoms with Gasteiger partial charge in [-0.15, -0.1) is 11.8 Å². The van der Waals surface area contributed by atoms with E-state index < -0.39 is 12.1 Å². The summed E-state index contributed by atoms with van der Waals surface area (Å²) in [5, 5.41) is 0. The molecular formula is C24H30N2O4S. The number of amides is 1. The third kappa shape index (κ3) is 5.22. The normalized spacial score (nSPS) is 18.5. The summed E-state index contributed by atoms with van der Waals surface area (Å²) in [4.78, 5) is 30.7. The summed E-state index contributed by atoms with van der Waals surface area (Å²) in [6.07, 6.45) is 1.74.